The summed E-state index contributed by atoms with van der Waals surface area (Å²) in [5.41, 5.74) is 7.86. The van der Waals surface area contributed by atoms with Crippen molar-refractivity contribution in [3.63, 3.8) is 0 Å². The third-order valence-corrected chi connectivity index (χ3v) is 4.21. The van der Waals surface area contributed by atoms with Gasteiger partial charge in [-0.1, -0.05) is 43.4 Å². The second-order valence-electron chi connectivity index (χ2n) is 4.87. The van der Waals surface area contributed by atoms with Crippen LogP contribution in [0, 0.1) is 11.8 Å². The predicted octanol–water partition coefficient (Wildman–Crippen LogP) is 3.87. The van der Waals surface area contributed by atoms with Gasteiger partial charge in [-0.25, -0.2) is 0 Å². The highest BCUT2D eigenvalue weighted by Crippen LogP contribution is 2.23. The number of thiophene rings is 1. The molecular formula is C18H22N2S. The molecule has 0 aliphatic rings. The Morgan fingerprint density at radius 1 is 1.19 bits per heavy atom. The number of para-hydroxylation sites is 1. The molecule has 0 saturated heterocycles. The van der Waals surface area contributed by atoms with Crippen molar-refractivity contribution in [1.82, 2.24) is 0 Å². The van der Waals surface area contributed by atoms with Crippen molar-refractivity contribution in [3.05, 3.63) is 52.2 Å². The van der Waals surface area contributed by atoms with Gasteiger partial charge in [0.25, 0.3) is 0 Å². The van der Waals surface area contributed by atoms with Crippen LogP contribution in [0.3, 0.4) is 0 Å². The predicted molar refractivity (Wildman–Crippen MR) is 92.7 cm³/mol. The number of hydrogen-bond acceptors (Lipinski definition) is 3. The zero-order chi connectivity index (χ0) is 14.9. The number of benzene rings is 1. The molecule has 0 radical (unpaired) electrons. The van der Waals surface area contributed by atoms with Crippen LogP contribution in [0.2, 0.25) is 0 Å². The normalized spacial score (nSPS) is 10.0. The van der Waals surface area contributed by atoms with Crippen molar-refractivity contribution in [2.24, 2.45) is 5.73 Å². The van der Waals surface area contributed by atoms with Crippen molar-refractivity contribution in [3.8, 4) is 11.8 Å². The van der Waals surface area contributed by atoms with Gasteiger partial charge in [0.05, 0.1) is 13.1 Å². The average molecular weight is 298 g/mol. The summed E-state index contributed by atoms with van der Waals surface area (Å²) in [7, 11) is 0. The highest BCUT2D eigenvalue weighted by molar-refractivity contribution is 7.10. The molecular weight excluding hydrogens is 276 g/mol. The molecule has 0 amide bonds. The summed E-state index contributed by atoms with van der Waals surface area (Å²) in [6.07, 6.45) is 2.40. The van der Waals surface area contributed by atoms with Gasteiger partial charge in [0, 0.05) is 22.7 Å². The third kappa shape index (κ3) is 4.63. The Hall–Kier alpha value is -1.76. The van der Waals surface area contributed by atoms with Crippen LogP contribution in [0.25, 0.3) is 0 Å². The summed E-state index contributed by atoms with van der Waals surface area (Å²) in [5, 5.41) is 2.11. The van der Waals surface area contributed by atoms with Crippen molar-refractivity contribution in [2.45, 2.75) is 26.3 Å². The van der Waals surface area contributed by atoms with Crippen LogP contribution in [0.4, 0.5) is 5.69 Å². The minimum absolute atomic E-state index is 0.410. The van der Waals surface area contributed by atoms with Gasteiger partial charge in [0.2, 0.25) is 0 Å². The summed E-state index contributed by atoms with van der Waals surface area (Å²) >= 11 is 1.77. The van der Waals surface area contributed by atoms with Crippen molar-refractivity contribution >= 4 is 17.0 Å². The summed E-state index contributed by atoms with van der Waals surface area (Å²) in [6.45, 7) is 4.62. The molecule has 0 saturated carbocycles. The van der Waals surface area contributed by atoms with Gasteiger partial charge >= 0.3 is 0 Å². The highest BCUT2D eigenvalue weighted by atomic mass is 32.1. The Kier molecular flexibility index (Phi) is 6.33. The van der Waals surface area contributed by atoms with Gasteiger partial charge in [-0.05, 0) is 30.0 Å². The largest absolute Gasteiger partial charge is 0.366 e. The van der Waals surface area contributed by atoms with Gasteiger partial charge in [-0.3, -0.25) is 0 Å². The molecule has 0 unspecified atom stereocenters. The van der Waals surface area contributed by atoms with E-state index in [9.17, 15) is 0 Å². The molecule has 21 heavy (non-hydrogen) atoms. The summed E-state index contributed by atoms with van der Waals surface area (Å²) in [5.74, 6) is 6.13. The molecule has 0 spiro atoms. The maximum atomic E-state index is 5.47. The molecule has 0 atom stereocenters. The summed E-state index contributed by atoms with van der Waals surface area (Å²) < 4.78 is 0. The lowest BCUT2D eigenvalue weighted by Gasteiger charge is -2.24. The van der Waals surface area contributed by atoms with Crippen molar-refractivity contribution < 1.29 is 0 Å². The van der Waals surface area contributed by atoms with E-state index in [1.807, 2.05) is 0 Å². The molecule has 1 heterocycles. The van der Waals surface area contributed by atoms with E-state index in [2.05, 4.69) is 65.4 Å². The Bertz CT molecular complexity index is 592. The number of rotatable bonds is 6. The SMILES string of the molecule is CCCCN(Cc1sccc1C#CCN)c1ccccc1. The zero-order valence-electron chi connectivity index (χ0n) is 12.5. The molecule has 110 valence electrons. The van der Waals surface area contributed by atoms with E-state index in [-0.39, 0.29) is 0 Å². The second-order valence-corrected chi connectivity index (χ2v) is 5.87. The van der Waals surface area contributed by atoms with E-state index in [1.165, 1.54) is 23.4 Å². The fraction of sp³-hybridized carbons (Fsp3) is 0.333. The van der Waals surface area contributed by atoms with Crippen LogP contribution in [0.5, 0.6) is 0 Å². The molecule has 2 N–H and O–H groups in total. The maximum Gasteiger partial charge on any atom is 0.0555 e. The Morgan fingerprint density at radius 2 is 2.00 bits per heavy atom. The van der Waals surface area contributed by atoms with Crippen LogP contribution in [0.1, 0.15) is 30.2 Å². The topological polar surface area (TPSA) is 29.3 Å². The smallest absolute Gasteiger partial charge is 0.0555 e. The van der Waals surface area contributed by atoms with E-state index in [1.54, 1.807) is 11.3 Å². The first-order valence-corrected chi connectivity index (χ1v) is 8.28. The van der Waals surface area contributed by atoms with E-state index in [0.29, 0.717) is 6.54 Å². The lowest BCUT2D eigenvalue weighted by molar-refractivity contribution is 0.719. The monoisotopic (exact) mass is 298 g/mol. The zero-order valence-corrected chi connectivity index (χ0v) is 13.3. The molecule has 0 aliphatic heterocycles. The van der Waals surface area contributed by atoms with E-state index in [4.69, 9.17) is 5.73 Å². The molecule has 1 aromatic carbocycles. The number of nitrogens with zero attached hydrogens (tertiary/aromatic N) is 1. The van der Waals surface area contributed by atoms with Gasteiger partial charge < -0.3 is 10.6 Å². The van der Waals surface area contributed by atoms with Gasteiger partial charge in [0.15, 0.2) is 0 Å². The molecule has 0 fully saturated rings. The maximum absolute atomic E-state index is 5.47. The van der Waals surface area contributed by atoms with Crippen LogP contribution in [-0.2, 0) is 6.54 Å². The van der Waals surface area contributed by atoms with E-state index in [0.717, 1.165) is 18.7 Å². The van der Waals surface area contributed by atoms with Gasteiger partial charge in [-0.15, -0.1) is 11.3 Å². The van der Waals surface area contributed by atoms with Gasteiger partial charge in [-0.2, -0.15) is 0 Å². The standard InChI is InChI=1S/C18H22N2S/c1-2-3-13-20(17-9-5-4-6-10-17)15-18-16(8-7-12-19)11-14-21-18/h4-6,9-11,14H,2-3,12-13,15,19H2,1H3. The van der Waals surface area contributed by atoms with E-state index < -0.39 is 0 Å². The molecule has 2 rings (SSSR count). The van der Waals surface area contributed by atoms with Crippen LogP contribution in [-0.4, -0.2) is 13.1 Å². The Morgan fingerprint density at radius 3 is 2.71 bits per heavy atom. The lowest BCUT2D eigenvalue weighted by Crippen LogP contribution is -2.23. The van der Waals surface area contributed by atoms with Crippen LogP contribution in [0.15, 0.2) is 41.8 Å². The lowest BCUT2D eigenvalue weighted by atomic mass is 10.2. The molecule has 2 aromatic rings. The summed E-state index contributed by atoms with van der Waals surface area (Å²) in [6, 6.07) is 12.7. The Balaban J connectivity index is 2.17. The molecule has 2 nitrogen and oxygen atoms in total. The first-order valence-electron chi connectivity index (χ1n) is 7.40. The summed E-state index contributed by atoms with van der Waals surface area (Å²) in [4.78, 5) is 3.75. The first-order chi connectivity index (χ1) is 10.3. The van der Waals surface area contributed by atoms with Crippen LogP contribution >= 0.6 is 11.3 Å². The minimum atomic E-state index is 0.410. The van der Waals surface area contributed by atoms with Crippen LogP contribution < -0.4 is 10.6 Å². The second kappa shape index (κ2) is 8.51. The fourth-order valence-corrected chi connectivity index (χ4v) is 3.03. The molecule has 1 aromatic heterocycles. The third-order valence-electron chi connectivity index (χ3n) is 3.31. The quantitative estimate of drug-likeness (QED) is 0.820. The highest BCUT2D eigenvalue weighted by Gasteiger charge is 2.10. The molecule has 0 bridgehead atoms. The number of nitrogens with two attached hydrogens (primary N) is 1. The van der Waals surface area contributed by atoms with Gasteiger partial charge in [0.1, 0.15) is 0 Å². The van der Waals surface area contributed by atoms with Crippen molar-refractivity contribution in [1.29, 1.82) is 0 Å². The van der Waals surface area contributed by atoms with Crippen molar-refractivity contribution in [2.75, 3.05) is 18.0 Å². The average Bonchev–Trinajstić information content (AvgIpc) is 2.97. The minimum Gasteiger partial charge on any atom is -0.366 e. The first kappa shape index (κ1) is 15.6. The molecule has 3 heteroatoms. The molecule has 0 aliphatic carbocycles. The number of anilines is 1. The fourth-order valence-electron chi connectivity index (χ4n) is 2.18. The van der Waals surface area contributed by atoms with E-state index >= 15 is 0 Å². The number of hydrogen-bond donors (Lipinski definition) is 1. The Labute approximate surface area is 131 Å². The number of unbranched alkanes of at least 4 members (excludes halogenated alkanes) is 1.